The number of phenolic OH excluding ortho intramolecular Hbond substituents is 1. The molecule has 0 radical (unpaired) electrons. The van der Waals surface area contributed by atoms with Gasteiger partial charge in [-0.15, -0.1) is 0 Å². The highest BCUT2D eigenvalue weighted by atomic mass is 32.2. The van der Waals surface area contributed by atoms with Crippen molar-refractivity contribution in [2.75, 3.05) is 5.32 Å². The lowest BCUT2D eigenvalue weighted by Crippen LogP contribution is -2.32. The predicted molar refractivity (Wildman–Crippen MR) is 92.6 cm³/mol. The first-order valence-electron chi connectivity index (χ1n) is 7.55. The molecule has 0 saturated heterocycles. The van der Waals surface area contributed by atoms with Gasteiger partial charge >= 0.3 is 0 Å². The van der Waals surface area contributed by atoms with Gasteiger partial charge in [-0.1, -0.05) is 19.1 Å². The van der Waals surface area contributed by atoms with E-state index in [1.165, 1.54) is 30.3 Å². The molecule has 2 rings (SSSR count). The molecule has 0 aliphatic rings. The van der Waals surface area contributed by atoms with Gasteiger partial charge in [0.25, 0.3) is 5.91 Å². The first-order valence-corrected chi connectivity index (χ1v) is 9.03. The van der Waals surface area contributed by atoms with Crippen LogP contribution in [0.3, 0.4) is 0 Å². The smallest absolute Gasteiger partial charge is 0.255 e. The number of aromatic hydroxyl groups is 1. The van der Waals surface area contributed by atoms with Crippen molar-refractivity contribution >= 4 is 21.6 Å². The summed E-state index contributed by atoms with van der Waals surface area (Å²) in [6.07, 6.45) is 0.681. The summed E-state index contributed by atoms with van der Waals surface area (Å²) in [5, 5.41) is 12.2. The summed E-state index contributed by atoms with van der Waals surface area (Å²) in [4.78, 5) is 12.3. The van der Waals surface area contributed by atoms with Gasteiger partial charge in [0.2, 0.25) is 10.0 Å². The van der Waals surface area contributed by atoms with E-state index in [0.717, 1.165) is 0 Å². The van der Waals surface area contributed by atoms with E-state index in [1.54, 1.807) is 25.1 Å². The zero-order valence-corrected chi connectivity index (χ0v) is 14.3. The Hall–Kier alpha value is -2.38. The number of rotatable bonds is 6. The molecule has 2 aromatic carbocycles. The quantitative estimate of drug-likeness (QED) is 0.700. The Balaban J connectivity index is 2.14. The van der Waals surface area contributed by atoms with Crippen LogP contribution in [-0.2, 0) is 10.0 Å². The fourth-order valence-corrected chi connectivity index (χ4v) is 3.30. The average Bonchev–Trinajstić information content (AvgIpc) is 2.56. The second-order valence-electron chi connectivity index (χ2n) is 5.43. The molecule has 1 atom stereocenters. The fourth-order valence-electron chi connectivity index (χ4n) is 1.98. The zero-order valence-electron chi connectivity index (χ0n) is 13.5. The highest BCUT2D eigenvalue weighted by Crippen LogP contribution is 2.22. The van der Waals surface area contributed by atoms with Gasteiger partial charge in [0.15, 0.2) is 0 Å². The largest absolute Gasteiger partial charge is 0.506 e. The summed E-state index contributed by atoms with van der Waals surface area (Å²) in [7, 11) is -3.60. The van der Waals surface area contributed by atoms with Crippen LogP contribution in [0.5, 0.6) is 5.75 Å². The van der Waals surface area contributed by atoms with Crippen molar-refractivity contribution in [2.24, 2.45) is 0 Å². The van der Waals surface area contributed by atoms with Crippen LogP contribution in [0.15, 0.2) is 53.4 Å². The van der Waals surface area contributed by atoms with Gasteiger partial charge in [-0.3, -0.25) is 4.79 Å². The summed E-state index contributed by atoms with van der Waals surface area (Å²) < 4.78 is 26.9. The second kappa shape index (κ2) is 7.46. The molecule has 2 aromatic rings. The molecule has 0 unspecified atom stereocenters. The molecule has 0 fully saturated rings. The lowest BCUT2D eigenvalue weighted by molar-refractivity contribution is 0.102. The number of benzene rings is 2. The molecule has 0 aromatic heterocycles. The maximum atomic E-state index is 12.2. The third-order valence-corrected chi connectivity index (χ3v) is 5.15. The Labute approximate surface area is 141 Å². The van der Waals surface area contributed by atoms with Crippen LogP contribution in [0.25, 0.3) is 0 Å². The van der Waals surface area contributed by atoms with E-state index in [9.17, 15) is 18.3 Å². The number of hydrogen-bond acceptors (Lipinski definition) is 4. The van der Waals surface area contributed by atoms with E-state index in [2.05, 4.69) is 10.0 Å². The molecule has 6 nitrogen and oxygen atoms in total. The van der Waals surface area contributed by atoms with Crippen LogP contribution < -0.4 is 10.0 Å². The summed E-state index contributed by atoms with van der Waals surface area (Å²) in [5.74, 6) is -0.474. The molecule has 0 bridgehead atoms. The zero-order chi connectivity index (χ0) is 17.7. The van der Waals surface area contributed by atoms with E-state index >= 15 is 0 Å². The fraction of sp³-hybridized carbons (Fsp3) is 0.235. The molecule has 24 heavy (non-hydrogen) atoms. The summed E-state index contributed by atoms with van der Waals surface area (Å²) >= 11 is 0. The lowest BCUT2D eigenvalue weighted by Gasteiger charge is -2.12. The van der Waals surface area contributed by atoms with Crippen LogP contribution in [-0.4, -0.2) is 25.5 Å². The molecule has 0 aliphatic heterocycles. The van der Waals surface area contributed by atoms with E-state index < -0.39 is 15.9 Å². The molecule has 0 heterocycles. The van der Waals surface area contributed by atoms with Crippen LogP contribution in [0, 0.1) is 0 Å². The van der Waals surface area contributed by atoms with Crippen molar-refractivity contribution in [1.82, 2.24) is 4.72 Å². The third kappa shape index (κ3) is 4.33. The van der Waals surface area contributed by atoms with E-state index in [-0.39, 0.29) is 22.4 Å². The minimum absolute atomic E-state index is 0.0391. The Kier molecular flexibility index (Phi) is 5.58. The summed E-state index contributed by atoms with van der Waals surface area (Å²) in [5.41, 5.74) is 0.582. The van der Waals surface area contributed by atoms with Crippen LogP contribution >= 0.6 is 0 Å². The first kappa shape index (κ1) is 18.0. The first-order chi connectivity index (χ1) is 11.3. The van der Waals surface area contributed by atoms with Gasteiger partial charge < -0.3 is 10.4 Å². The average molecular weight is 348 g/mol. The Morgan fingerprint density at radius 1 is 1.12 bits per heavy atom. The molecule has 3 N–H and O–H groups in total. The Bertz CT molecular complexity index is 817. The number of para-hydroxylation sites is 2. The molecular formula is C17H20N2O4S. The van der Waals surface area contributed by atoms with Crippen molar-refractivity contribution in [3.8, 4) is 5.75 Å². The predicted octanol–water partition coefficient (Wildman–Crippen LogP) is 2.72. The minimum Gasteiger partial charge on any atom is -0.506 e. The van der Waals surface area contributed by atoms with Crippen LogP contribution in [0.1, 0.15) is 30.6 Å². The Morgan fingerprint density at radius 2 is 1.75 bits per heavy atom. The van der Waals surface area contributed by atoms with Gasteiger partial charge in [0.1, 0.15) is 5.75 Å². The van der Waals surface area contributed by atoms with Crippen molar-refractivity contribution in [2.45, 2.75) is 31.2 Å². The summed E-state index contributed by atoms with van der Waals surface area (Å²) in [6.45, 7) is 3.67. The lowest BCUT2D eigenvalue weighted by atomic mass is 10.2. The summed E-state index contributed by atoms with van der Waals surface area (Å²) in [6, 6.07) is 11.8. The topological polar surface area (TPSA) is 95.5 Å². The van der Waals surface area contributed by atoms with Gasteiger partial charge in [-0.2, -0.15) is 0 Å². The molecule has 1 amide bonds. The monoisotopic (exact) mass is 348 g/mol. The van der Waals surface area contributed by atoms with Crippen molar-refractivity contribution in [3.63, 3.8) is 0 Å². The number of hydrogen-bond donors (Lipinski definition) is 3. The van der Waals surface area contributed by atoms with Crippen LogP contribution in [0.2, 0.25) is 0 Å². The maximum absolute atomic E-state index is 12.2. The number of carbonyl (C=O) groups is 1. The third-order valence-electron chi connectivity index (χ3n) is 3.55. The molecule has 7 heteroatoms. The highest BCUT2D eigenvalue weighted by molar-refractivity contribution is 7.89. The number of carbonyl (C=O) groups excluding carboxylic acids is 1. The van der Waals surface area contributed by atoms with Gasteiger partial charge in [-0.25, -0.2) is 13.1 Å². The Morgan fingerprint density at radius 3 is 2.33 bits per heavy atom. The van der Waals surface area contributed by atoms with Crippen molar-refractivity contribution < 1.29 is 18.3 Å². The van der Waals surface area contributed by atoms with E-state index in [4.69, 9.17) is 0 Å². The SMILES string of the molecule is CC[C@@H](C)NS(=O)(=O)c1ccc(C(=O)Nc2ccccc2O)cc1. The van der Waals surface area contributed by atoms with E-state index in [1.807, 2.05) is 6.92 Å². The molecular weight excluding hydrogens is 328 g/mol. The number of sulfonamides is 1. The van der Waals surface area contributed by atoms with Crippen LogP contribution in [0.4, 0.5) is 5.69 Å². The number of amides is 1. The minimum atomic E-state index is -3.60. The normalized spacial score (nSPS) is 12.6. The second-order valence-corrected chi connectivity index (χ2v) is 7.14. The number of nitrogens with one attached hydrogen (secondary N) is 2. The molecule has 0 aliphatic carbocycles. The molecule has 0 saturated carbocycles. The molecule has 128 valence electrons. The number of phenols is 1. The van der Waals surface area contributed by atoms with Gasteiger partial charge in [-0.05, 0) is 49.7 Å². The van der Waals surface area contributed by atoms with Gasteiger partial charge in [0.05, 0.1) is 10.6 Å². The van der Waals surface area contributed by atoms with Gasteiger partial charge in [0, 0.05) is 11.6 Å². The van der Waals surface area contributed by atoms with Crippen molar-refractivity contribution in [3.05, 3.63) is 54.1 Å². The highest BCUT2D eigenvalue weighted by Gasteiger charge is 2.17. The standard InChI is InChI=1S/C17H20N2O4S/c1-3-12(2)19-24(22,23)14-10-8-13(9-11-14)17(21)18-15-6-4-5-7-16(15)20/h4-12,19-20H,3H2,1-2H3,(H,18,21)/t12-/m1/s1. The maximum Gasteiger partial charge on any atom is 0.255 e. The number of anilines is 1. The van der Waals surface area contributed by atoms with Crippen molar-refractivity contribution in [1.29, 1.82) is 0 Å². The molecule has 0 spiro atoms. The van der Waals surface area contributed by atoms with E-state index in [0.29, 0.717) is 12.0 Å².